The van der Waals surface area contributed by atoms with Crippen LogP contribution >= 0.6 is 0 Å². The zero-order chi connectivity index (χ0) is 14.7. The fourth-order valence-corrected chi connectivity index (χ4v) is 1.95. The highest BCUT2D eigenvalue weighted by Crippen LogP contribution is 2.15. The molecule has 0 fully saturated rings. The van der Waals surface area contributed by atoms with Crippen molar-refractivity contribution in [1.82, 2.24) is 35.5 Å². The third kappa shape index (κ3) is 2.78. The molecule has 8 heteroatoms. The first-order valence-electron chi connectivity index (χ1n) is 6.31. The van der Waals surface area contributed by atoms with Gasteiger partial charge in [-0.1, -0.05) is 12.1 Å². The van der Waals surface area contributed by atoms with Gasteiger partial charge < -0.3 is 9.88 Å². The van der Waals surface area contributed by atoms with Gasteiger partial charge in [-0.25, -0.2) is 4.98 Å². The second kappa shape index (κ2) is 5.53. The van der Waals surface area contributed by atoms with Gasteiger partial charge in [-0.3, -0.25) is 4.79 Å². The number of nitrogens with one attached hydrogen (secondary N) is 2. The van der Waals surface area contributed by atoms with Gasteiger partial charge in [0.05, 0.1) is 6.54 Å². The average Bonchev–Trinajstić information content (AvgIpc) is 3.20. The van der Waals surface area contributed by atoms with E-state index in [-0.39, 0.29) is 5.91 Å². The van der Waals surface area contributed by atoms with Crippen LogP contribution in [0.3, 0.4) is 0 Å². The molecule has 3 rings (SSSR count). The SMILES string of the molecule is CN(Cc1ncc[nH]1)C(=O)c1ccc(-c2nn[nH]n2)cc1. The summed E-state index contributed by atoms with van der Waals surface area (Å²) in [5, 5.41) is 13.7. The summed E-state index contributed by atoms with van der Waals surface area (Å²) in [5.74, 6) is 1.17. The number of nitrogens with zero attached hydrogens (tertiary/aromatic N) is 5. The van der Waals surface area contributed by atoms with Gasteiger partial charge in [-0.15, -0.1) is 10.2 Å². The first kappa shape index (κ1) is 13.0. The summed E-state index contributed by atoms with van der Waals surface area (Å²) in [7, 11) is 1.73. The van der Waals surface area contributed by atoms with E-state index in [1.165, 1.54) is 0 Å². The van der Waals surface area contributed by atoms with Crippen molar-refractivity contribution in [2.75, 3.05) is 7.05 Å². The lowest BCUT2D eigenvalue weighted by atomic mass is 10.1. The molecule has 0 bridgehead atoms. The molecule has 0 atom stereocenters. The fourth-order valence-electron chi connectivity index (χ4n) is 1.95. The average molecular weight is 283 g/mol. The molecule has 0 aliphatic heterocycles. The zero-order valence-corrected chi connectivity index (χ0v) is 11.3. The smallest absolute Gasteiger partial charge is 0.254 e. The first-order chi connectivity index (χ1) is 10.2. The number of hydrogen-bond acceptors (Lipinski definition) is 5. The molecule has 21 heavy (non-hydrogen) atoms. The molecular formula is C13H13N7O. The maximum Gasteiger partial charge on any atom is 0.254 e. The summed E-state index contributed by atoms with van der Waals surface area (Å²) in [5.41, 5.74) is 1.39. The Kier molecular flexibility index (Phi) is 3.42. The Morgan fingerprint density at radius 3 is 2.71 bits per heavy atom. The molecule has 0 spiro atoms. The van der Waals surface area contributed by atoms with E-state index in [2.05, 4.69) is 30.6 Å². The quantitative estimate of drug-likeness (QED) is 0.739. The van der Waals surface area contributed by atoms with E-state index < -0.39 is 0 Å². The number of rotatable bonds is 4. The molecule has 1 aromatic carbocycles. The molecule has 0 radical (unpaired) electrons. The van der Waals surface area contributed by atoms with Crippen molar-refractivity contribution in [1.29, 1.82) is 0 Å². The van der Waals surface area contributed by atoms with Crippen molar-refractivity contribution in [3.8, 4) is 11.4 Å². The van der Waals surface area contributed by atoms with Gasteiger partial charge in [0.2, 0.25) is 5.82 Å². The number of H-pyrrole nitrogens is 2. The molecule has 8 nitrogen and oxygen atoms in total. The summed E-state index contributed by atoms with van der Waals surface area (Å²) >= 11 is 0. The summed E-state index contributed by atoms with van der Waals surface area (Å²) in [6.07, 6.45) is 3.39. The molecule has 0 unspecified atom stereocenters. The van der Waals surface area contributed by atoms with Crippen LogP contribution in [0.1, 0.15) is 16.2 Å². The summed E-state index contributed by atoms with van der Waals surface area (Å²) < 4.78 is 0. The van der Waals surface area contributed by atoms with Crippen LogP contribution in [0, 0.1) is 0 Å². The molecule has 3 aromatic rings. The van der Waals surface area contributed by atoms with Crippen LogP contribution in [-0.4, -0.2) is 48.4 Å². The predicted molar refractivity (Wildman–Crippen MR) is 74.0 cm³/mol. The summed E-state index contributed by atoms with van der Waals surface area (Å²) in [6.45, 7) is 0.429. The summed E-state index contributed by atoms with van der Waals surface area (Å²) in [4.78, 5) is 21.0. The van der Waals surface area contributed by atoms with Crippen LogP contribution in [0.2, 0.25) is 0 Å². The topological polar surface area (TPSA) is 103 Å². The van der Waals surface area contributed by atoms with Gasteiger partial charge >= 0.3 is 0 Å². The standard InChI is InChI=1S/C13H13N7O/c1-20(8-11-14-6-7-15-11)13(21)10-4-2-9(3-5-10)12-16-18-19-17-12/h2-7H,8H2,1H3,(H,14,15)(H,16,17,18,19). The van der Waals surface area contributed by atoms with Crippen LogP contribution in [0.4, 0.5) is 0 Å². The van der Waals surface area contributed by atoms with E-state index in [1.807, 2.05) is 0 Å². The Balaban J connectivity index is 1.72. The van der Waals surface area contributed by atoms with Crippen molar-refractivity contribution in [2.45, 2.75) is 6.54 Å². The number of aromatic nitrogens is 6. The second-order valence-corrected chi connectivity index (χ2v) is 4.51. The lowest BCUT2D eigenvalue weighted by molar-refractivity contribution is 0.0782. The number of hydrogen-bond donors (Lipinski definition) is 2. The van der Waals surface area contributed by atoms with Crippen LogP contribution in [0.25, 0.3) is 11.4 Å². The normalized spacial score (nSPS) is 10.5. The molecular weight excluding hydrogens is 270 g/mol. The van der Waals surface area contributed by atoms with Crippen molar-refractivity contribution in [3.63, 3.8) is 0 Å². The number of amides is 1. The van der Waals surface area contributed by atoms with Gasteiger partial charge in [0.15, 0.2) is 0 Å². The van der Waals surface area contributed by atoms with E-state index in [0.717, 1.165) is 11.4 Å². The van der Waals surface area contributed by atoms with E-state index in [1.54, 1.807) is 48.6 Å². The predicted octanol–water partition coefficient (Wildman–Crippen LogP) is 0.862. The van der Waals surface area contributed by atoms with Gasteiger partial charge in [-0.2, -0.15) is 5.21 Å². The number of tetrazole rings is 1. The fraction of sp³-hybridized carbons (Fsp3) is 0.154. The summed E-state index contributed by atoms with van der Waals surface area (Å²) in [6, 6.07) is 7.07. The number of benzene rings is 1. The van der Waals surface area contributed by atoms with E-state index in [9.17, 15) is 4.79 Å². The van der Waals surface area contributed by atoms with Gasteiger partial charge in [0.1, 0.15) is 5.82 Å². The Bertz CT molecular complexity index is 704. The van der Waals surface area contributed by atoms with Gasteiger partial charge in [0.25, 0.3) is 5.91 Å². The number of aromatic amines is 2. The highest BCUT2D eigenvalue weighted by Gasteiger charge is 2.13. The lowest BCUT2D eigenvalue weighted by Crippen LogP contribution is -2.26. The van der Waals surface area contributed by atoms with Crippen molar-refractivity contribution in [3.05, 3.63) is 48.0 Å². The number of carbonyl (C=O) groups excluding carboxylic acids is 1. The minimum atomic E-state index is -0.0777. The Morgan fingerprint density at radius 1 is 1.29 bits per heavy atom. The molecule has 0 aliphatic rings. The van der Waals surface area contributed by atoms with Crippen molar-refractivity contribution >= 4 is 5.91 Å². The minimum Gasteiger partial charge on any atom is -0.347 e. The highest BCUT2D eigenvalue weighted by molar-refractivity contribution is 5.94. The molecule has 2 heterocycles. The lowest BCUT2D eigenvalue weighted by Gasteiger charge is -2.15. The Morgan fingerprint density at radius 2 is 2.10 bits per heavy atom. The Labute approximate surface area is 120 Å². The van der Waals surface area contributed by atoms with E-state index in [0.29, 0.717) is 17.9 Å². The largest absolute Gasteiger partial charge is 0.347 e. The van der Waals surface area contributed by atoms with Crippen LogP contribution in [-0.2, 0) is 6.54 Å². The molecule has 2 aromatic heterocycles. The molecule has 0 saturated heterocycles. The monoisotopic (exact) mass is 283 g/mol. The van der Waals surface area contributed by atoms with Crippen molar-refractivity contribution in [2.24, 2.45) is 0 Å². The highest BCUT2D eigenvalue weighted by atomic mass is 16.2. The van der Waals surface area contributed by atoms with Crippen LogP contribution in [0.5, 0.6) is 0 Å². The van der Waals surface area contributed by atoms with Crippen LogP contribution in [0.15, 0.2) is 36.7 Å². The molecule has 1 amide bonds. The number of carbonyl (C=O) groups is 1. The molecule has 0 saturated carbocycles. The van der Waals surface area contributed by atoms with Crippen LogP contribution < -0.4 is 0 Å². The van der Waals surface area contributed by atoms with Gasteiger partial charge in [-0.05, 0) is 17.3 Å². The molecule has 2 N–H and O–H groups in total. The van der Waals surface area contributed by atoms with E-state index in [4.69, 9.17) is 0 Å². The Hall–Kier alpha value is -3.03. The molecule has 106 valence electrons. The maximum absolute atomic E-state index is 12.3. The van der Waals surface area contributed by atoms with Crippen molar-refractivity contribution < 1.29 is 4.79 Å². The maximum atomic E-state index is 12.3. The minimum absolute atomic E-state index is 0.0777. The van der Waals surface area contributed by atoms with Gasteiger partial charge in [0, 0.05) is 30.6 Å². The third-order valence-corrected chi connectivity index (χ3v) is 3.02. The number of imidazole rings is 1. The van der Waals surface area contributed by atoms with E-state index >= 15 is 0 Å². The second-order valence-electron chi connectivity index (χ2n) is 4.51. The zero-order valence-electron chi connectivity index (χ0n) is 11.3. The first-order valence-corrected chi connectivity index (χ1v) is 6.31. The third-order valence-electron chi connectivity index (χ3n) is 3.02. The molecule has 0 aliphatic carbocycles.